The first-order chi connectivity index (χ1) is 16.8. The topological polar surface area (TPSA) is 58.6 Å². The highest BCUT2D eigenvalue weighted by molar-refractivity contribution is 5.88. The average Bonchev–Trinajstić information content (AvgIpc) is 2.84. The minimum atomic E-state index is -0.826. The molecule has 3 rings (SSSR count). The van der Waals surface area contributed by atoms with Gasteiger partial charge in [-0.05, 0) is 62.1 Å². The third-order valence-corrected chi connectivity index (χ3v) is 6.04. The van der Waals surface area contributed by atoms with Crippen molar-refractivity contribution < 1.29 is 18.7 Å². The minimum absolute atomic E-state index is 0.0463. The van der Waals surface area contributed by atoms with Gasteiger partial charge in [0.2, 0.25) is 5.91 Å². The third-order valence-electron chi connectivity index (χ3n) is 6.04. The van der Waals surface area contributed by atoms with Crippen molar-refractivity contribution in [3.05, 3.63) is 100 Å². The average molecular weight is 477 g/mol. The van der Waals surface area contributed by atoms with Crippen molar-refractivity contribution >= 4 is 11.8 Å². The van der Waals surface area contributed by atoms with Crippen molar-refractivity contribution in [2.75, 3.05) is 13.2 Å². The monoisotopic (exact) mass is 476 g/mol. The van der Waals surface area contributed by atoms with Crippen molar-refractivity contribution in [3.63, 3.8) is 0 Å². The maximum absolute atomic E-state index is 14.6. The zero-order valence-corrected chi connectivity index (χ0v) is 20.8. The first-order valence-corrected chi connectivity index (χ1v) is 11.8. The van der Waals surface area contributed by atoms with Crippen LogP contribution in [0.2, 0.25) is 0 Å². The van der Waals surface area contributed by atoms with Crippen LogP contribution in [-0.2, 0) is 22.6 Å². The molecule has 3 aromatic rings. The van der Waals surface area contributed by atoms with Crippen LogP contribution in [-0.4, -0.2) is 35.9 Å². The molecule has 0 aliphatic heterocycles. The highest BCUT2D eigenvalue weighted by Gasteiger charge is 2.31. The summed E-state index contributed by atoms with van der Waals surface area (Å²) in [6, 6.07) is 18.9. The van der Waals surface area contributed by atoms with Gasteiger partial charge >= 0.3 is 0 Å². The molecule has 0 heterocycles. The lowest BCUT2D eigenvalue weighted by Crippen LogP contribution is -2.51. The predicted molar refractivity (Wildman–Crippen MR) is 136 cm³/mol. The SMILES string of the molecule is CCNC(=O)[C@@H](Cc1ccccc1)N(Cc1ccccc1F)C(=O)COc1cc(C)cc(C)c1C. The fraction of sp³-hybridized carbons (Fsp3) is 0.310. The third kappa shape index (κ3) is 6.92. The van der Waals surface area contributed by atoms with Crippen molar-refractivity contribution in [3.8, 4) is 5.75 Å². The van der Waals surface area contributed by atoms with Gasteiger partial charge in [0.05, 0.1) is 0 Å². The van der Waals surface area contributed by atoms with Crippen LogP contribution in [0, 0.1) is 26.6 Å². The molecule has 0 aliphatic rings. The van der Waals surface area contributed by atoms with E-state index in [1.54, 1.807) is 18.2 Å². The Morgan fingerprint density at radius 3 is 2.37 bits per heavy atom. The predicted octanol–water partition coefficient (Wildman–Crippen LogP) is 4.91. The van der Waals surface area contributed by atoms with Gasteiger partial charge in [-0.15, -0.1) is 0 Å². The maximum Gasteiger partial charge on any atom is 0.261 e. The number of amides is 2. The molecule has 0 saturated carbocycles. The molecule has 0 radical (unpaired) electrons. The van der Waals surface area contributed by atoms with Gasteiger partial charge < -0.3 is 15.0 Å². The molecule has 184 valence electrons. The van der Waals surface area contributed by atoms with Crippen LogP contribution in [0.25, 0.3) is 0 Å². The van der Waals surface area contributed by atoms with Crippen LogP contribution >= 0.6 is 0 Å². The summed E-state index contributed by atoms with van der Waals surface area (Å²) >= 11 is 0. The van der Waals surface area contributed by atoms with Crippen molar-refractivity contribution in [2.45, 2.75) is 46.7 Å². The summed E-state index contributed by atoms with van der Waals surface area (Å²) in [7, 11) is 0. The molecule has 1 atom stereocenters. The lowest BCUT2D eigenvalue weighted by molar-refractivity contribution is -0.142. The number of rotatable bonds is 10. The molecule has 1 N–H and O–H groups in total. The summed E-state index contributed by atoms with van der Waals surface area (Å²) in [4.78, 5) is 28.1. The number of aryl methyl sites for hydroxylation is 2. The maximum atomic E-state index is 14.6. The normalized spacial score (nSPS) is 11.6. The Bertz CT molecular complexity index is 1160. The highest BCUT2D eigenvalue weighted by Crippen LogP contribution is 2.24. The molecule has 0 aliphatic carbocycles. The second-order valence-corrected chi connectivity index (χ2v) is 8.71. The Labute approximate surface area is 206 Å². The largest absolute Gasteiger partial charge is 0.483 e. The zero-order valence-electron chi connectivity index (χ0n) is 20.8. The quantitative estimate of drug-likeness (QED) is 0.453. The van der Waals surface area contributed by atoms with E-state index in [2.05, 4.69) is 11.4 Å². The lowest BCUT2D eigenvalue weighted by Gasteiger charge is -2.31. The molecule has 0 aromatic heterocycles. The van der Waals surface area contributed by atoms with Gasteiger partial charge in [0.25, 0.3) is 5.91 Å². The summed E-state index contributed by atoms with van der Waals surface area (Å²) in [6.45, 7) is 7.84. The number of carbonyl (C=O) groups excluding carboxylic acids is 2. The standard InChI is InChI=1S/C29H33FN2O3/c1-5-31-29(34)26(17-23-11-7-6-8-12-23)32(18-24-13-9-10-14-25(24)30)28(33)19-35-27-16-20(2)15-21(3)22(27)4/h6-16,26H,5,17-19H2,1-4H3,(H,31,34)/t26-/m1/s1. The molecule has 35 heavy (non-hydrogen) atoms. The first kappa shape index (κ1) is 25.9. The first-order valence-electron chi connectivity index (χ1n) is 11.8. The summed E-state index contributed by atoms with van der Waals surface area (Å²) < 4.78 is 20.5. The number of hydrogen-bond donors (Lipinski definition) is 1. The molecule has 0 saturated heterocycles. The molecular formula is C29H33FN2O3. The van der Waals surface area contributed by atoms with Gasteiger partial charge in [-0.1, -0.05) is 54.6 Å². The number of hydrogen-bond acceptors (Lipinski definition) is 3. The van der Waals surface area contributed by atoms with E-state index < -0.39 is 11.9 Å². The smallest absolute Gasteiger partial charge is 0.261 e. The van der Waals surface area contributed by atoms with Crippen LogP contribution in [0.1, 0.15) is 34.7 Å². The molecule has 2 amide bonds. The van der Waals surface area contributed by atoms with Gasteiger partial charge in [0, 0.05) is 25.1 Å². The number of halogens is 1. The molecule has 5 nitrogen and oxygen atoms in total. The van der Waals surface area contributed by atoms with Crippen LogP contribution in [0.5, 0.6) is 5.75 Å². The number of ether oxygens (including phenoxy) is 1. The van der Waals surface area contributed by atoms with Gasteiger partial charge in [-0.2, -0.15) is 0 Å². The number of nitrogens with zero attached hydrogens (tertiary/aromatic N) is 1. The Balaban J connectivity index is 1.93. The van der Waals surface area contributed by atoms with Crippen molar-refractivity contribution in [2.24, 2.45) is 0 Å². The van der Waals surface area contributed by atoms with E-state index in [1.165, 1.54) is 11.0 Å². The summed E-state index contributed by atoms with van der Waals surface area (Å²) in [5.74, 6) is -0.479. The van der Waals surface area contributed by atoms with E-state index in [0.29, 0.717) is 24.3 Å². The molecule has 0 fully saturated rings. The fourth-order valence-corrected chi connectivity index (χ4v) is 4.03. The number of benzene rings is 3. The van der Waals surface area contributed by atoms with Crippen LogP contribution in [0.4, 0.5) is 4.39 Å². The molecule has 0 bridgehead atoms. The number of nitrogens with one attached hydrogen (secondary N) is 1. The number of likely N-dealkylation sites (N-methyl/N-ethyl adjacent to an activating group) is 1. The molecule has 0 spiro atoms. The van der Waals surface area contributed by atoms with Crippen molar-refractivity contribution in [1.82, 2.24) is 10.2 Å². The van der Waals surface area contributed by atoms with Gasteiger partial charge in [-0.25, -0.2) is 4.39 Å². The van der Waals surface area contributed by atoms with E-state index in [0.717, 1.165) is 22.3 Å². The Morgan fingerprint density at radius 1 is 1.00 bits per heavy atom. The van der Waals surface area contributed by atoms with Crippen LogP contribution < -0.4 is 10.1 Å². The van der Waals surface area contributed by atoms with E-state index >= 15 is 0 Å². The molecule has 6 heteroatoms. The van der Waals surface area contributed by atoms with Crippen LogP contribution in [0.3, 0.4) is 0 Å². The Morgan fingerprint density at radius 2 is 1.69 bits per heavy atom. The lowest BCUT2D eigenvalue weighted by atomic mass is 10.0. The van der Waals surface area contributed by atoms with E-state index in [-0.39, 0.29) is 25.0 Å². The molecule has 0 unspecified atom stereocenters. The van der Waals surface area contributed by atoms with Gasteiger partial charge in [0.15, 0.2) is 6.61 Å². The molecule has 3 aromatic carbocycles. The number of carbonyl (C=O) groups is 2. The minimum Gasteiger partial charge on any atom is -0.483 e. The van der Waals surface area contributed by atoms with E-state index in [9.17, 15) is 14.0 Å². The Hall–Kier alpha value is -3.67. The zero-order chi connectivity index (χ0) is 25.4. The highest BCUT2D eigenvalue weighted by atomic mass is 19.1. The van der Waals surface area contributed by atoms with E-state index in [4.69, 9.17) is 4.74 Å². The second-order valence-electron chi connectivity index (χ2n) is 8.71. The summed E-state index contributed by atoms with van der Waals surface area (Å²) in [6.07, 6.45) is 0.301. The fourth-order valence-electron chi connectivity index (χ4n) is 4.03. The Kier molecular flexibility index (Phi) is 9.01. The van der Waals surface area contributed by atoms with Crippen LogP contribution in [0.15, 0.2) is 66.7 Å². The molecular weight excluding hydrogens is 443 g/mol. The second kappa shape index (κ2) is 12.2. The summed E-state index contributed by atoms with van der Waals surface area (Å²) in [5, 5.41) is 2.83. The van der Waals surface area contributed by atoms with E-state index in [1.807, 2.05) is 64.1 Å². The van der Waals surface area contributed by atoms with Gasteiger partial charge in [0.1, 0.15) is 17.6 Å². The summed E-state index contributed by atoms with van der Waals surface area (Å²) in [5.41, 5.74) is 4.29. The van der Waals surface area contributed by atoms with Crippen molar-refractivity contribution in [1.29, 1.82) is 0 Å². The van der Waals surface area contributed by atoms with Gasteiger partial charge in [-0.3, -0.25) is 9.59 Å².